The molecule has 6 heteroatoms. The normalized spacial score (nSPS) is 16.7. The molecular formula is C17H19N3O3. The van der Waals surface area contributed by atoms with Gasteiger partial charge in [0.1, 0.15) is 6.33 Å². The molecule has 1 aliphatic rings. The van der Waals surface area contributed by atoms with Crippen molar-refractivity contribution in [1.29, 1.82) is 0 Å². The molecule has 120 valence electrons. The molecule has 23 heavy (non-hydrogen) atoms. The summed E-state index contributed by atoms with van der Waals surface area (Å²) in [6.45, 7) is 2.66. The van der Waals surface area contributed by atoms with Crippen molar-refractivity contribution in [3.8, 4) is 11.8 Å². The van der Waals surface area contributed by atoms with Crippen molar-refractivity contribution >= 4 is 5.91 Å². The van der Waals surface area contributed by atoms with E-state index in [4.69, 9.17) is 9.47 Å². The molecule has 3 rings (SSSR count). The van der Waals surface area contributed by atoms with Gasteiger partial charge in [-0.3, -0.25) is 4.79 Å². The summed E-state index contributed by atoms with van der Waals surface area (Å²) >= 11 is 0. The number of hydrogen-bond acceptors (Lipinski definition) is 5. The Balaban J connectivity index is 1.99. The highest BCUT2D eigenvalue weighted by atomic mass is 16.5. The summed E-state index contributed by atoms with van der Waals surface area (Å²) in [6, 6.07) is 8.17. The Hall–Kier alpha value is -2.63. The summed E-state index contributed by atoms with van der Waals surface area (Å²) in [5.41, 5.74) is 2.72. The van der Waals surface area contributed by atoms with Crippen molar-refractivity contribution in [3.63, 3.8) is 0 Å². The molecule has 2 heterocycles. The lowest BCUT2D eigenvalue weighted by Crippen LogP contribution is -2.39. The third-order valence-corrected chi connectivity index (χ3v) is 4.23. The highest BCUT2D eigenvalue weighted by molar-refractivity contribution is 5.99. The maximum absolute atomic E-state index is 13.1. The average Bonchev–Trinajstić information content (AvgIpc) is 2.61. The number of carbonyl (C=O) groups is 1. The van der Waals surface area contributed by atoms with Crippen molar-refractivity contribution in [2.24, 2.45) is 0 Å². The standard InChI is InChI=1S/C17H19N3O3/c1-11-13-7-5-4-6-12(13)8-9-20(11)17(21)14-15(22-2)18-10-19-16(14)23-3/h4-7,10-11H,8-9H2,1-3H3. The number of hydrogen-bond donors (Lipinski definition) is 0. The number of rotatable bonds is 3. The second kappa shape index (κ2) is 6.24. The van der Waals surface area contributed by atoms with Crippen LogP contribution in [0.25, 0.3) is 0 Å². The van der Waals surface area contributed by atoms with Gasteiger partial charge in [0.15, 0.2) is 5.56 Å². The van der Waals surface area contributed by atoms with E-state index in [1.165, 1.54) is 31.7 Å². The maximum atomic E-state index is 13.1. The molecule has 1 aromatic heterocycles. The lowest BCUT2D eigenvalue weighted by Gasteiger charge is -2.35. The van der Waals surface area contributed by atoms with E-state index in [9.17, 15) is 4.79 Å². The molecule has 0 saturated carbocycles. The molecule has 1 unspecified atom stereocenters. The summed E-state index contributed by atoms with van der Waals surface area (Å²) in [5.74, 6) is 0.280. The first-order chi connectivity index (χ1) is 11.2. The largest absolute Gasteiger partial charge is 0.480 e. The van der Waals surface area contributed by atoms with Crippen LogP contribution in [-0.2, 0) is 6.42 Å². The molecule has 6 nitrogen and oxygen atoms in total. The van der Waals surface area contributed by atoms with E-state index in [2.05, 4.69) is 22.1 Å². The summed E-state index contributed by atoms with van der Waals surface area (Å²) in [4.78, 5) is 22.9. The maximum Gasteiger partial charge on any atom is 0.265 e. The number of fused-ring (bicyclic) bond motifs is 1. The molecule has 1 amide bonds. The van der Waals surface area contributed by atoms with Gasteiger partial charge in [0, 0.05) is 6.54 Å². The molecular weight excluding hydrogens is 294 g/mol. The predicted molar refractivity (Wildman–Crippen MR) is 84.7 cm³/mol. The number of benzene rings is 1. The number of nitrogens with zero attached hydrogens (tertiary/aromatic N) is 3. The molecule has 2 aromatic rings. The summed E-state index contributed by atoms with van der Waals surface area (Å²) in [6.07, 6.45) is 2.15. The van der Waals surface area contributed by atoms with Gasteiger partial charge >= 0.3 is 0 Å². The second-order valence-electron chi connectivity index (χ2n) is 5.39. The Morgan fingerprint density at radius 3 is 2.48 bits per heavy atom. The molecule has 1 aliphatic heterocycles. The van der Waals surface area contributed by atoms with Crippen LogP contribution >= 0.6 is 0 Å². The second-order valence-corrected chi connectivity index (χ2v) is 5.39. The number of amides is 1. The third-order valence-electron chi connectivity index (χ3n) is 4.23. The highest BCUT2D eigenvalue weighted by Crippen LogP contribution is 2.33. The first kappa shape index (κ1) is 15.3. The average molecular weight is 313 g/mol. The smallest absolute Gasteiger partial charge is 0.265 e. The molecule has 0 radical (unpaired) electrons. The van der Waals surface area contributed by atoms with Gasteiger partial charge < -0.3 is 14.4 Å². The van der Waals surface area contributed by atoms with Crippen LogP contribution in [0.15, 0.2) is 30.6 Å². The summed E-state index contributed by atoms with van der Waals surface area (Å²) < 4.78 is 10.5. The fraction of sp³-hybridized carbons (Fsp3) is 0.353. The van der Waals surface area contributed by atoms with E-state index in [1.807, 2.05) is 24.0 Å². The van der Waals surface area contributed by atoms with Crippen molar-refractivity contribution in [1.82, 2.24) is 14.9 Å². The minimum absolute atomic E-state index is 0.0259. The third kappa shape index (κ3) is 2.60. The molecule has 1 atom stereocenters. The van der Waals surface area contributed by atoms with E-state index in [1.54, 1.807) is 0 Å². The Morgan fingerprint density at radius 2 is 1.83 bits per heavy atom. The van der Waals surface area contributed by atoms with E-state index < -0.39 is 0 Å². The Morgan fingerprint density at radius 1 is 1.17 bits per heavy atom. The fourth-order valence-corrected chi connectivity index (χ4v) is 3.04. The van der Waals surface area contributed by atoms with Crippen LogP contribution in [0.2, 0.25) is 0 Å². The van der Waals surface area contributed by atoms with Crippen molar-refractivity contribution in [2.75, 3.05) is 20.8 Å². The van der Waals surface area contributed by atoms with E-state index >= 15 is 0 Å². The van der Waals surface area contributed by atoms with Crippen molar-refractivity contribution in [2.45, 2.75) is 19.4 Å². The lowest BCUT2D eigenvalue weighted by molar-refractivity contribution is 0.0668. The van der Waals surface area contributed by atoms with Crippen molar-refractivity contribution < 1.29 is 14.3 Å². The topological polar surface area (TPSA) is 64.6 Å². The molecule has 1 aromatic carbocycles. The predicted octanol–water partition coefficient (Wildman–Crippen LogP) is 2.25. The zero-order chi connectivity index (χ0) is 16.4. The van der Waals surface area contributed by atoms with Crippen LogP contribution in [-0.4, -0.2) is 41.5 Å². The van der Waals surface area contributed by atoms with Crippen LogP contribution in [0, 0.1) is 0 Å². The van der Waals surface area contributed by atoms with Gasteiger partial charge in [-0.05, 0) is 24.5 Å². The first-order valence-corrected chi connectivity index (χ1v) is 7.49. The number of methoxy groups -OCH3 is 2. The minimum atomic E-state index is -0.179. The molecule has 0 aliphatic carbocycles. The molecule has 0 spiro atoms. The molecule has 0 bridgehead atoms. The van der Waals surface area contributed by atoms with Crippen LogP contribution in [0.1, 0.15) is 34.5 Å². The van der Waals surface area contributed by atoms with Gasteiger partial charge in [-0.25, -0.2) is 9.97 Å². The van der Waals surface area contributed by atoms with Gasteiger partial charge in [-0.1, -0.05) is 24.3 Å². The zero-order valence-corrected chi connectivity index (χ0v) is 13.4. The lowest BCUT2D eigenvalue weighted by atomic mass is 9.93. The molecule has 0 saturated heterocycles. The monoisotopic (exact) mass is 313 g/mol. The Bertz CT molecular complexity index is 711. The van der Waals surface area contributed by atoms with Gasteiger partial charge in [0.05, 0.1) is 20.3 Å². The summed E-state index contributed by atoms with van der Waals surface area (Å²) in [5, 5.41) is 0. The number of ether oxygens (including phenoxy) is 2. The minimum Gasteiger partial charge on any atom is -0.480 e. The quantitative estimate of drug-likeness (QED) is 0.869. The van der Waals surface area contributed by atoms with Gasteiger partial charge in [0.25, 0.3) is 5.91 Å². The summed E-state index contributed by atoms with van der Waals surface area (Å²) in [7, 11) is 2.96. The Labute approximate surface area is 135 Å². The van der Waals surface area contributed by atoms with E-state index in [0.29, 0.717) is 6.54 Å². The van der Waals surface area contributed by atoms with Gasteiger partial charge in [0.2, 0.25) is 11.8 Å². The Kier molecular flexibility index (Phi) is 4.14. The number of carbonyl (C=O) groups excluding carboxylic acids is 1. The van der Waals surface area contributed by atoms with Crippen LogP contribution in [0.4, 0.5) is 0 Å². The van der Waals surface area contributed by atoms with E-state index in [0.717, 1.165) is 6.42 Å². The highest BCUT2D eigenvalue weighted by Gasteiger charge is 2.32. The van der Waals surface area contributed by atoms with Crippen LogP contribution in [0.5, 0.6) is 11.8 Å². The van der Waals surface area contributed by atoms with Crippen molar-refractivity contribution in [3.05, 3.63) is 47.3 Å². The zero-order valence-electron chi connectivity index (χ0n) is 13.4. The van der Waals surface area contributed by atoms with Crippen LogP contribution < -0.4 is 9.47 Å². The molecule has 0 fully saturated rings. The fourth-order valence-electron chi connectivity index (χ4n) is 3.04. The van der Waals surface area contributed by atoms with Gasteiger partial charge in [-0.15, -0.1) is 0 Å². The van der Waals surface area contributed by atoms with Crippen LogP contribution in [0.3, 0.4) is 0 Å². The van der Waals surface area contributed by atoms with Gasteiger partial charge in [-0.2, -0.15) is 0 Å². The number of aromatic nitrogens is 2. The first-order valence-electron chi connectivity index (χ1n) is 7.49. The molecule has 0 N–H and O–H groups in total. The van der Waals surface area contributed by atoms with E-state index in [-0.39, 0.29) is 29.3 Å². The SMILES string of the molecule is COc1ncnc(OC)c1C(=O)N1CCc2ccccc2C1C.